The molecule has 0 N–H and O–H groups in total. The van der Waals surface area contributed by atoms with Crippen LogP contribution < -0.4 is 0 Å². The van der Waals surface area contributed by atoms with Gasteiger partial charge in [-0.1, -0.05) is 19.3 Å². The topological polar surface area (TPSA) is 57.9 Å². The van der Waals surface area contributed by atoms with Gasteiger partial charge < -0.3 is 0 Å². The predicted octanol–water partition coefficient (Wildman–Crippen LogP) is 2.24. The summed E-state index contributed by atoms with van der Waals surface area (Å²) >= 11 is 1.67. The summed E-state index contributed by atoms with van der Waals surface area (Å²) < 4.78 is 22.0. The Bertz CT molecular complexity index is 345. The summed E-state index contributed by atoms with van der Waals surface area (Å²) in [6.07, 6.45) is 6.83. The zero-order valence-electron chi connectivity index (χ0n) is 9.68. The fraction of sp³-hybridized carbons (Fsp3) is 0.909. The molecular weight excluding hydrogens is 242 g/mol. The summed E-state index contributed by atoms with van der Waals surface area (Å²) in [5, 5.41) is 9.41. The van der Waals surface area contributed by atoms with Crippen LogP contribution in [0.5, 0.6) is 0 Å². The Labute approximate surface area is 103 Å². The van der Waals surface area contributed by atoms with Crippen molar-refractivity contribution in [3.63, 3.8) is 0 Å². The van der Waals surface area contributed by atoms with Crippen LogP contribution in [0.4, 0.5) is 0 Å². The molecule has 0 aliphatic heterocycles. The maximum absolute atomic E-state index is 11.0. The smallest absolute Gasteiger partial charge is 0.148 e. The van der Waals surface area contributed by atoms with E-state index in [0.29, 0.717) is 11.0 Å². The molecule has 0 aromatic rings. The van der Waals surface area contributed by atoms with Gasteiger partial charge in [-0.2, -0.15) is 17.0 Å². The predicted molar refractivity (Wildman–Crippen MR) is 68.1 cm³/mol. The number of sulfone groups is 1. The first kappa shape index (κ1) is 13.9. The van der Waals surface area contributed by atoms with Crippen LogP contribution in [0.15, 0.2) is 0 Å². The van der Waals surface area contributed by atoms with Crippen molar-refractivity contribution in [3.05, 3.63) is 0 Å². The lowest BCUT2D eigenvalue weighted by atomic mass is 10.0. The molecule has 1 rings (SSSR count). The normalized spacial score (nSPS) is 27.0. The van der Waals surface area contributed by atoms with Crippen molar-refractivity contribution in [3.8, 4) is 6.07 Å². The summed E-state index contributed by atoms with van der Waals surface area (Å²) in [6, 6.07) is 2.37. The molecule has 2 unspecified atom stereocenters. The second-order valence-electron chi connectivity index (χ2n) is 4.41. The molecule has 0 saturated heterocycles. The molecule has 1 fully saturated rings. The van der Waals surface area contributed by atoms with Crippen LogP contribution in [0, 0.1) is 17.2 Å². The summed E-state index contributed by atoms with van der Waals surface area (Å²) in [4.78, 5) is 0. The average molecular weight is 261 g/mol. The van der Waals surface area contributed by atoms with E-state index >= 15 is 0 Å². The number of nitrogens with zero attached hydrogens (tertiary/aromatic N) is 1. The van der Waals surface area contributed by atoms with Crippen LogP contribution >= 0.6 is 11.8 Å². The van der Waals surface area contributed by atoms with Crippen LogP contribution in [-0.2, 0) is 9.84 Å². The molecule has 2 atom stereocenters. The first-order chi connectivity index (χ1) is 7.53. The molecule has 1 aliphatic carbocycles. The van der Waals surface area contributed by atoms with Gasteiger partial charge in [0.25, 0.3) is 0 Å². The van der Waals surface area contributed by atoms with Crippen LogP contribution in [0.3, 0.4) is 0 Å². The fourth-order valence-electron chi connectivity index (χ4n) is 1.97. The lowest BCUT2D eigenvalue weighted by Crippen LogP contribution is -2.16. The highest BCUT2D eigenvalue weighted by atomic mass is 32.2. The van der Waals surface area contributed by atoms with E-state index in [2.05, 4.69) is 6.07 Å². The van der Waals surface area contributed by atoms with E-state index in [1.54, 1.807) is 11.8 Å². The highest BCUT2D eigenvalue weighted by Crippen LogP contribution is 2.31. The van der Waals surface area contributed by atoms with Gasteiger partial charge in [0.15, 0.2) is 0 Å². The van der Waals surface area contributed by atoms with Crippen LogP contribution in [0.1, 0.15) is 32.1 Å². The van der Waals surface area contributed by atoms with E-state index < -0.39 is 9.84 Å². The Morgan fingerprint density at radius 1 is 1.31 bits per heavy atom. The zero-order chi connectivity index (χ0) is 12.0. The maximum Gasteiger partial charge on any atom is 0.148 e. The highest BCUT2D eigenvalue weighted by Gasteiger charge is 2.23. The van der Waals surface area contributed by atoms with Crippen molar-refractivity contribution in [1.29, 1.82) is 5.26 Å². The highest BCUT2D eigenvalue weighted by molar-refractivity contribution is 8.01. The number of hydrogen-bond acceptors (Lipinski definition) is 4. The fourth-order valence-corrected chi connectivity index (χ4v) is 4.63. The minimum Gasteiger partial charge on any atom is -0.229 e. The Balaban J connectivity index is 2.41. The summed E-state index contributed by atoms with van der Waals surface area (Å²) in [5.74, 6) is 0.973. The van der Waals surface area contributed by atoms with Gasteiger partial charge >= 0.3 is 0 Å². The summed E-state index contributed by atoms with van der Waals surface area (Å²) in [5.41, 5.74) is 0. The molecule has 0 amide bonds. The minimum absolute atomic E-state index is 0.118. The lowest BCUT2D eigenvalue weighted by molar-refractivity contribution is 0.585. The van der Waals surface area contributed by atoms with Gasteiger partial charge in [-0.05, 0) is 12.8 Å². The van der Waals surface area contributed by atoms with E-state index in [0.717, 1.165) is 19.3 Å². The molecule has 92 valence electrons. The third kappa shape index (κ3) is 5.22. The van der Waals surface area contributed by atoms with Gasteiger partial charge in [-0.15, -0.1) is 0 Å². The van der Waals surface area contributed by atoms with Crippen molar-refractivity contribution in [2.24, 2.45) is 5.92 Å². The number of thioether (sulfide) groups is 1. The Kier molecular flexibility index (Phi) is 5.63. The van der Waals surface area contributed by atoms with Crippen LogP contribution in [0.25, 0.3) is 0 Å². The molecule has 1 aliphatic rings. The molecule has 5 heteroatoms. The molecule has 3 nitrogen and oxygen atoms in total. The maximum atomic E-state index is 11.0. The molecule has 0 aromatic heterocycles. The largest absolute Gasteiger partial charge is 0.229 e. The van der Waals surface area contributed by atoms with Gasteiger partial charge in [0.1, 0.15) is 9.84 Å². The Morgan fingerprint density at radius 3 is 2.62 bits per heavy atom. The SMILES string of the molecule is CS(=O)(=O)CCSC1CCCCCC1C#N. The molecule has 0 spiro atoms. The first-order valence-electron chi connectivity index (χ1n) is 5.72. The Hall–Kier alpha value is -0.210. The molecule has 0 aromatic carbocycles. The van der Waals surface area contributed by atoms with E-state index in [-0.39, 0.29) is 11.7 Å². The van der Waals surface area contributed by atoms with E-state index in [4.69, 9.17) is 5.26 Å². The van der Waals surface area contributed by atoms with Gasteiger partial charge in [-0.25, -0.2) is 8.42 Å². The average Bonchev–Trinajstić information content (AvgIpc) is 2.41. The van der Waals surface area contributed by atoms with Crippen molar-refractivity contribution in [2.75, 3.05) is 17.8 Å². The number of nitriles is 1. The molecular formula is C11H19NO2S2. The second kappa shape index (κ2) is 6.51. The van der Waals surface area contributed by atoms with Gasteiger partial charge in [0, 0.05) is 17.3 Å². The summed E-state index contributed by atoms with van der Waals surface area (Å²) in [7, 11) is -2.86. The first-order valence-corrected chi connectivity index (χ1v) is 8.83. The van der Waals surface area contributed by atoms with Crippen LogP contribution in [-0.4, -0.2) is 31.4 Å². The summed E-state index contributed by atoms with van der Waals surface area (Å²) in [6.45, 7) is 0. The van der Waals surface area contributed by atoms with E-state index in [1.807, 2.05) is 0 Å². The van der Waals surface area contributed by atoms with Gasteiger partial charge in [-0.3, -0.25) is 0 Å². The third-order valence-electron chi connectivity index (χ3n) is 2.90. The van der Waals surface area contributed by atoms with Crippen molar-refractivity contribution in [2.45, 2.75) is 37.4 Å². The number of hydrogen-bond donors (Lipinski definition) is 0. The third-order valence-corrected chi connectivity index (χ3v) is 5.54. The lowest BCUT2D eigenvalue weighted by Gasteiger charge is -2.18. The van der Waals surface area contributed by atoms with Crippen molar-refractivity contribution in [1.82, 2.24) is 0 Å². The molecule has 0 bridgehead atoms. The van der Waals surface area contributed by atoms with Crippen molar-refractivity contribution >= 4 is 21.6 Å². The van der Waals surface area contributed by atoms with Crippen molar-refractivity contribution < 1.29 is 8.42 Å². The minimum atomic E-state index is -2.86. The zero-order valence-corrected chi connectivity index (χ0v) is 11.3. The van der Waals surface area contributed by atoms with Gasteiger partial charge in [0.2, 0.25) is 0 Å². The standard InChI is InChI=1S/C11H19NO2S2/c1-16(13,14)8-7-15-11-6-4-2-3-5-10(11)9-12/h10-11H,2-8H2,1H3. The van der Waals surface area contributed by atoms with E-state index in [1.165, 1.54) is 19.1 Å². The Morgan fingerprint density at radius 2 is 2.00 bits per heavy atom. The monoisotopic (exact) mass is 261 g/mol. The van der Waals surface area contributed by atoms with Gasteiger partial charge in [0.05, 0.1) is 17.7 Å². The molecule has 0 heterocycles. The molecule has 1 saturated carbocycles. The van der Waals surface area contributed by atoms with E-state index in [9.17, 15) is 8.42 Å². The number of rotatable bonds is 4. The quantitative estimate of drug-likeness (QED) is 0.728. The van der Waals surface area contributed by atoms with Crippen LogP contribution in [0.2, 0.25) is 0 Å². The molecule has 16 heavy (non-hydrogen) atoms. The second-order valence-corrected chi connectivity index (χ2v) is 8.02. The molecule has 0 radical (unpaired) electrons.